The van der Waals surface area contributed by atoms with Gasteiger partial charge in [0.25, 0.3) is 5.91 Å². The van der Waals surface area contributed by atoms with Gasteiger partial charge in [-0.2, -0.15) is 5.26 Å². The minimum atomic E-state index is 0.0360. The summed E-state index contributed by atoms with van der Waals surface area (Å²) in [6.45, 7) is 2.66. The highest BCUT2D eigenvalue weighted by Gasteiger charge is 2.23. The second-order valence-corrected chi connectivity index (χ2v) is 6.91. The predicted octanol–water partition coefficient (Wildman–Crippen LogP) is 2.89. The molecule has 0 aliphatic carbocycles. The standard InChI is InChI=1S/C22H25N3O3/c23-15-17-4-6-21(7-5-17)28-13-10-24-20-3-1-2-19(14-20)22(27)25-11-8-18(16-26)9-12-25/h1-7,14,18,24,26H,8-13,16H2. The topological polar surface area (TPSA) is 85.6 Å². The summed E-state index contributed by atoms with van der Waals surface area (Å²) in [7, 11) is 0. The fraction of sp³-hybridized carbons (Fsp3) is 0.364. The lowest BCUT2D eigenvalue weighted by Crippen LogP contribution is -2.39. The van der Waals surface area contributed by atoms with E-state index >= 15 is 0 Å². The summed E-state index contributed by atoms with van der Waals surface area (Å²) in [6, 6.07) is 16.6. The third kappa shape index (κ3) is 5.24. The first kappa shape index (κ1) is 19.7. The largest absolute Gasteiger partial charge is 0.492 e. The normalized spacial score (nSPS) is 14.4. The maximum Gasteiger partial charge on any atom is 0.253 e. The number of amides is 1. The van der Waals surface area contributed by atoms with Crippen LogP contribution in [0.5, 0.6) is 5.75 Å². The molecular formula is C22H25N3O3. The zero-order valence-electron chi connectivity index (χ0n) is 15.8. The molecule has 2 aromatic carbocycles. The molecule has 0 unspecified atom stereocenters. The van der Waals surface area contributed by atoms with Crippen LogP contribution in [-0.4, -0.2) is 48.8 Å². The van der Waals surface area contributed by atoms with E-state index in [0.717, 1.165) is 24.3 Å². The van der Waals surface area contributed by atoms with Gasteiger partial charge in [-0.1, -0.05) is 6.07 Å². The summed E-state index contributed by atoms with van der Waals surface area (Å²) in [6.07, 6.45) is 1.71. The predicted molar refractivity (Wildman–Crippen MR) is 107 cm³/mol. The summed E-state index contributed by atoms with van der Waals surface area (Å²) >= 11 is 0. The van der Waals surface area contributed by atoms with Crippen molar-refractivity contribution >= 4 is 11.6 Å². The number of rotatable bonds is 7. The number of carbonyl (C=O) groups excluding carboxylic acids is 1. The van der Waals surface area contributed by atoms with E-state index in [1.807, 2.05) is 29.2 Å². The number of piperidine rings is 1. The second kappa shape index (κ2) is 9.77. The molecule has 0 saturated carbocycles. The highest BCUT2D eigenvalue weighted by atomic mass is 16.5. The number of likely N-dealkylation sites (tertiary alicyclic amines) is 1. The molecule has 2 aromatic rings. The van der Waals surface area contributed by atoms with Crippen molar-refractivity contribution in [2.45, 2.75) is 12.8 Å². The second-order valence-electron chi connectivity index (χ2n) is 6.91. The molecule has 0 spiro atoms. The highest BCUT2D eigenvalue weighted by Crippen LogP contribution is 2.20. The molecule has 0 bridgehead atoms. The number of aliphatic hydroxyl groups excluding tert-OH is 1. The fourth-order valence-electron chi connectivity index (χ4n) is 3.25. The molecule has 1 heterocycles. The van der Waals surface area contributed by atoms with Crippen LogP contribution in [0.1, 0.15) is 28.8 Å². The molecule has 2 N–H and O–H groups in total. The third-order valence-electron chi connectivity index (χ3n) is 4.95. The van der Waals surface area contributed by atoms with Gasteiger partial charge in [0, 0.05) is 37.5 Å². The molecular weight excluding hydrogens is 354 g/mol. The number of nitrogens with one attached hydrogen (secondary N) is 1. The van der Waals surface area contributed by atoms with Crippen LogP contribution in [0.4, 0.5) is 5.69 Å². The van der Waals surface area contributed by atoms with Gasteiger partial charge in [-0.15, -0.1) is 0 Å². The number of hydrogen-bond acceptors (Lipinski definition) is 5. The van der Waals surface area contributed by atoms with E-state index < -0.39 is 0 Å². The quantitative estimate of drug-likeness (QED) is 0.723. The maximum absolute atomic E-state index is 12.7. The lowest BCUT2D eigenvalue weighted by Gasteiger charge is -2.31. The van der Waals surface area contributed by atoms with Crippen LogP contribution in [0, 0.1) is 17.2 Å². The molecule has 1 aliphatic heterocycles. The molecule has 146 valence electrons. The number of nitriles is 1. The molecule has 0 radical (unpaired) electrons. The first-order chi connectivity index (χ1) is 13.7. The minimum Gasteiger partial charge on any atom is -0.492 e. The van der Waals surface area contributed by atoms with Crippen LogP contribution in [0.3, 0.4) is 0 Å². The van der Waals surface area contributed by atoms with E-state index in [1.54, 1.807) is 24.3 Å². The van der Waals surface area contributed by atoms with Crippen molar-refractivity contribution < 1.29 is 14.6 Å². The molecule has 1 fully saturated rings. The van der Waals surface area contributed by atoms with Crippen molar-refractivity contribution in [2.75, 3.05) is 38.2 Å². The Morgan fingerprint density at radius 3 is 2.64 bits per heavy atom. The van der Waals surface area contributed by atoms with E-state index in [4.69, 9.17) is 10.00 Å². The van der Waals surface area contributed by atoms with Gasteiger partial charge >= 0.3 is 0 Å². The molecule has 3 rings (SSSR count). The molecule has 6 nitrogen and oxygen atoms in total. The lowest BCUT2D eigenvalue weighted by molar-refractivity contribution is 0.0651. The Morgan fingerprint density at radius 2 is 1.96 bits per heavy atom. The third-order valence-corrected chi connectivity index (χ3v) is 4.95. The van der Waals surface area contributed by atoms with Gasteiger partial charge < -0.3 is 20.1 Å². The van der Waals surface area contributed by atoms with Crippen LogP contribution in [0.2, 0.25) is 0 Å². The summed E-state index contributed by atoms with van der Waals surface area (Å²) in [5.74, 6) is 1.07. The Labute approximate surface area is 165 Å². The van der Waals surface area contributed by atoms with Crippen LogP contribution in [0.15, 0.2) is 48.5 Å². The number of nitrogens with zero attached hydrogens (tertiary/aromatic N) is 2. The molecule has 6 heteroatoms. The Morgan fingerprint density at radius 1 is 1.21 bits per heavy atom. The van der Waals surface area contributed by atoms with Gasteiger partial charge in [-0.05, 0) is 61.2 Å². The van der Waals surface area contributed by atoms with Crippen molar-refractivity contribution in [2.24, 2.45) is 5.92 Å². The molecule has 0 aromatic heterocycles. The summed E-state index contributed by atoms with van der Waals surface area (Å²) in [5, 5.41) is 21.3. The first-order valence-electron chi connectivity index (χ1n) is 9.56. The monoisotopic (exact) mass is 379 g/mol. The number of ether oxygens (including phenoxy) is 1. The van der Waals surface area contributed by atoms with Gasteiger partial charge in [0.05, 0.1) is 11.6 Å². The SMILES string of the molecule is N#Cc1ccc(OCCNc2cccc(C(=O)N3CCC(CO)CC3)c2)cc1. The summed E-state index contributed by atoms with van der Waals surface area (Å²) < 4.78 is 5.65. The highest BCUT2D eigenvalue weighted by molar-refractivity contribution is 5.95. The number of carbonyl (C=O) groups is 1. The van der Waals surface area contributed by atoms with E-state index in [1.165, 1.54) is 0 Å². The Hall–Kier alpha value is -3.04. The average Bonchev–Trinajstić information content (AvgIpc) is 2.77. The van der Waals surface area contributed by atoms with Gasteiger partial charge in [0.2, 0.25) is 0 Å². The van der Waals surface area contributed by atoms with Crippen molar-refractivity contribution in [1.29, 1.82) is 5.26 Å². The van der Waals surface area contributed by atoms with Crippen molar-refractivity contribution in [3.63, 3.8) is 0 Å². The van der Waals surface area contributed by atoms with Crippen molar-refractivity contribution in [3.8, 4) is 11.8 Å². The molecule has 1 saturated heterocycles. The first-order valence-corrected chi connectivity index (χ1v) is 9.56. The van der Waals surface area contributed by atoms with Crippen LogP contribution >= 0.6 is 0 Å². The number of anilines is 1. The Kier molecular flexibility index (Phi) is 6.88. The van der Waals surface area contributed by atoms with Crippen molar-refractivity contribution in [1.82, 2.24) is 4.90 Å². The summed E-state index contributed by atoms with van der Waals surface area (Å²) in [4.78, 5) is 14.6. The molecule has 28 heavy (non-hydrogen) atoms. The Balaban J connectivity index is 1.47. The number of benzene rings is 2. The van der Waals surface area contributed by atoms with E-state index in [9.17, 15) is 9.90 Å². The minimum absolute atomic E-state index is 0.0360. The number of hydrogen-bond donors (Lipinski definition) is 2. The molecule has 1 aliphatic rings. The van der Waals surface area contributed by atoms with Crippen LogP contribution in [-0.2, 0) is 0 Å². The fourth-order valence-corrected chi connectivity index (χ4v) is 3.25. The van der Waals surface area contributed by atoms with Gasteiger partial charge in [-0.25, -0.2) is 0 Å². The number of aliphatic hydroxyl groups is 1. The zero-order valence-corrected chi connectivity index (χ0v) is 15.8. The molecule has 1 amide bonds. The zero-order chi connectivity index (χ0) is 19.8. The van der Waals surface area contributed by atoms with Gasteiger partial charge in [-0.3, -0.25) is 4.79 Å². The average molecular weight is 379 g/mol. The van der Waals surface area contributed by atoms with Crippen LogP contribution < -0.4 is 10.1 Å². The van der Waals surface area contributed by atoms with E-state index in [0.29, 0.717) is 43.3 Å². The Bertz CT molecular complexity index is 822. The van der Waals surface area contributed by atoms with Crippen molar-refractivity contribution in [3.05, 3.63) is 59.7 Å². The van der Waals surface area contributed by atoms with Gasteiger partial charge in [0.15, 0.2) is 0 Å². The maximum atomic E-state index is 12.7. The lowest BCUT2D eigenvalue weighted by atomic mass is 9.97. The molecule has 0 atom stereocenters. The smallest absolute Gasteiger partial charge is 0.253 e. The van der Waals surface area contributed by atoms with Crippen LogP contribution in [0.25, 0.3) is 0 Å². The van der Waals surface area contributed by atoms with Gasteiger partial charge in [0.1, 0.15) is 12.4 Å². The summed E-state index contributed by atoms with van der Waals surface area (Å²) in [5.41, 5.74) is 2.15. The van der Waals surface area contributed by atoms with E-state index in [2.05, 4.69) is 11.4 Å². The van der Waals surface area contributed by atoms with E-state index in [-0.39, 0.29) is 12.5 Å².